The molecule has 6 rings (SSSR count). The number of morpholine rings is 1. The molecule has 3 aliphatic heterocycles. The molecule has 3 aliphatic rings. The molecule has 1 aromatic heterocycles. The molecule has 4 heterocycles. The van der Waals surface area contributed by atoms with Crippen LogP contribution >= 0.6 is 0 Å². The molecule has 1 unspecified atom stereocenters. The zero-order valence-corrected chi connectivity index (χ0v) is 26.3. The van der Waals surface area contributed by atoms with E-state index in [1.54, 1.807) is 23.7 Å². The van der Waals surface area contributed by atoms with Crippen LogP contribution in [0.15, 0.2) is 78.1 Å². The third kappa shape index (κ3) is 7.46. The minimum atomic E-state index is -0.246. The Bertz CT molecular complexity index is 1520. The first kappa shape index (κ1) is 31.0. The number of rotatable bonds is 9. The van der Waals surface area contributed by atoms with E-state index in [2.05, 4.69) is 34.2 Å². The number of aromatic nitrogens is 2. The highest BCUT2D eigenvalue weighted by atomic mass is 19.1. The molecule has 10 heteroatoms. The van der Waals surface area contributed by atoms with Crippen molar-refractivity contribution in [3.63, 3.8) is 0 Å². The van der Waals surface area contributed by atoms with E-state index >= 15 is 0 Å². The lowest BCUT2D eigenvalue weighted by Gasteiger charge is -2.39. The van der Waals surface area contributed by atoms with Crippen molar-refractivity contribution in [1.82, 2.24) is 29.8 Å². The number of benzene rings is 2. The molecule has 2 saturated heterocycles. The monoisotopic (exact) mass is 614 g/mol. The van der Waals surface area contributed by atoms with Crippen molar-refractivity contribution in [2.24, 2.45) is 0 Å². The van der Waals surface area contributed by atoms with Gasteiger partial charge in [-0.3, -0.25) is 14.4 Å². The average molecular weight is 615 g/mol. The van der Waals surface area contributed by atoms with Gasteiger partial charge in [0.15, 0.2) is 0 Å². The van der Waals surface area contributed by atoms with Crippen LogP contribution in [0.4, 0.5) is 4.39 Å². The molecule has 0 bridgehead atoms. The van der Waals surface area contributed by atoms with E-state index in [9.17, 15) is 9.18 Å². The molecule has 45 heavy (non-hydrogen) atoms. The van der Waals surface area contributed by atoms with Crippen LogP contribution in [-0.4, -0.2) is 109 Å². The lowest BCUT2D eigenvalue weighted by atomic mass is 10.1. The van der Waals surface area contributed by atoms with Crippen LogP contribution in [-0.2, 0) is 20.8 Å². The van der Waals surface area contributed by atoms with Gasteiger partial charge in [-0.25, -0.2) is 4.39 Å². The van der Waals surface area contributed by atoms with Gasteiger partial charge in [0.25, 0.3) is 0 Å². The largest absolute Gasteiger partial charge is 0.379 e. The molecule has 3 aromatic rings. The molecular formula is C35H43FN6O3. The van der Waals surface area contributed by atoms with E-state index < -0.39 is 0 Å². The summed E-state index contributed by atoms with van der Waals surface area (Å²) in [6.07, 6.45) is 4.27. The maximum Gasteiger partial charge on any atom is 0.244 e. The SMILES string of the molecule is CC=C1CNC(N2CCN(C(=O)Cn3nc(-c4ccc(F)c(C)c4)cc3-c3ccccc3)CC2)=CC1OCCN1CCOCC1. The zero-order valence-electron chi connectivity index (χ0n) is 26.3. The second kappa shape index (κ2) is 14.4. The van der Waals surface area contributed by atoms with Gasteiger partial charge in [0.1, 0.15) is 24.3 Å². The predicted molar refractivity (Wildman–Crippen MR) is 173 cm³/mol. The third-order valence-corrected chi connectivity index (χ3v) is 8.89. The van der Waals surface area contributed by atoms with Crippen LogP contribution in [0, 0.1) is 12.7 Å². The first-order valence-electron chi connectivity index (χ1n) is 15.9. The number of carbonyl (C=O) groups excluding carboxylic acids is 1. The van der Waals surface area contributed by atoms with Gasteiger partial charge >= 0.3 is 0 Å². The Morgan fingerprint density at radius 2 is 1.82 bits per heavy atom. The molecule has 9 nitrogen and oxygen atoms in total. The van der Waals surface area contributed by atoms with Crippen LogP contribution < -0.4 is 5.32 Å². The summed E-state index contributed by atoms with van der Waals surface area (Å²) in [5, 5.41) is 8.38. The lowest BCUT2D eigenvalue weighted by molar-refractivity contribution is -0.133. The van der Waals surface area contributed by atoms with Gasteiger partial charge in [-0.2, -0.15) is 5.10 Å². The molecule has 238 valence electrons. The Morgan fingerprint density at radius 3 is 2.56 bits per heavy atom. The average Bonchev–Trinajstić information content (AvgIpc) is 3.50. The zero-order chi connectivity index (χ0) is 31.2. The first-order valence-corrected chi connectivity index (χ1v) is 15.9. The number of allylic oxidation sites excluding steroid dienone is 1. The van der Waals surface area contributed by atoms with Gasteiger partial charge in [0.2, 0.25) is 5.91 Å². The maximum atomic E-state index is 14.0. The Hall–Kier alpha value is -3.99. The van der Waals surface area contributed by atoms with Crippen molar-refractivity contribution in [2.75, 3.05) is 72.2 Å². The quantitative estimate of drug-likeness (QED) is 0.367. The number of amides is 1. The Morgan fingerprint density at radius 1 is 1.04 bits per heavy atom. The minimum Gasteiger partial charge on any atom is -0.379 e. The number of hydrogen-bond donors (Lipinski definition) is 1. The van der Waals surface area contributed by atoms with E-state index in [1.807, 2.05) is 41.3 Å². The van der Waals surface area contributed by atoms with Crippen molar-refractivity contribution in [3.8, 4) is 22.5 Å². The highest BCUT2D eigenvalue weighted by Gasteiger charge is 2.27. The fourth-order valence-electron chi connectivity index (χ4n) is 6.12. The van der Waals surface area contributed by atoms with Gasteiger partial charge < -0.3 is 24.6 Å². The Balaban J connectivity index is 1.09. The topological polar surface area (TPSA) is 75.1 Å². The Kier molecular flexibility index (Phi) is 9.93. The molecule has 0 aliphatic carbocycles. The molecule has 0 saturated carbocycles. The van der Waals surface area contributed by atoms with E-state index in [0.29, 0.717) is 31.0 Å². The van der Waals surface area contributed by atoms with Crippen molar-refractivity contribution in [1.29, 1.82) is 0 Å². The smallest absolute Gasteiger partial charge is 0.244 e. The summed E-state index contributed by atoms with van der Waals surface area (Å²) in [5.74, 6) is 0.855. The van der Waals surface area contributed by atoms with E-state index in [4.69, 9.17) is 14.6 Å². The standard InChI is InChI=1S/C35H43FN6O3/c1-3-27-24-37-34(23-33(27)45-20-17-39-15-18-44-19-16-39)40-11-13-41(14-12-40)35(43)25-42-32(28-7-5-4-6-8-28)22-31(38-42)29-9-10-30(36)26(2)21-29/h3-10,21-23,33,37H,11-20,24-25H2,1-2H3. The molecule has 2 aromatic carbocycles. The lowest BCUT2D eigenvalue weighted by Crippen LogP contribution is -2.52. The molecule has 1 N–H and O–H groups in total. The summed E-state index contributed by atoms with van der Waals surface area (Å²) in [5.41, 5.74) is 5.17. The van der Waals surface area contributed by atoms with Crippen LogP contribution in [0.2, 0.25) is 0 Å². The maximum absolute atomic E-state index is 14.0. The molecule has 1 atom stereocenters. The summed E-state index contributed by atoms with van der Waals surface area (Å²) >= 11 is 0. The van der Waals surface area contributed by atoms with Crippen LogP contribution in [0.1, 0.15) is 12.5 Å². The number of aryl methyl sites for hydroxylation is 1. The van der Waals surface area contributed by atoms with E-state index in [-0.39, 0.29) is 24.4 Å². The molecular weight excluding hydrogens is 571 g/mol. The number of piperazine rings is 1. The van der Waals surface area contributed by atoms with Gasteiger partial charge in [0, 0.05) is 57.9 Å². The molecule has 1 amide bonds. The van der Waals surface area contributed by atoms with E-state index in [0.717, 1.165) is 75.1 Å². The minimum absolute atomic E-state index is 0.0304. The summed E-state index contributed by atoms with van der Waals surface area (Å²) < 4.78 is 27.5. The number of nitrogens with zero attached hydrogens (tertiary/aromatic N) is 5. The first-order chi connectivity index (χ1) is 22.0. The summed E-state index contributed by atoms with van der Waals surface area (Å²) in [4.78, 5) is 20.2. The summed E-state index contributed by atoms with van der Waals surface area (Å²) in [6.45, 7) is 12.5. The molecule has 2 fully saturated rings. The van der Waals surface area contributed by atoms with Crippen molar-refractivity contribution < 1.29 is 18.7 Å². The number of halogens is 1. The van der Waals surface area contributed by atoms with E-state index in [1.165, 1.54) is 11.6 Å². The van der Waals surface area contributed by atoms with Gasteiger partial charge in [-0.15, -0.1) is 0 Å². The number of carbonyl (C=O) groups is 1. The van der Waals surface area contributed by atoms with Crippen molar-refractivity contribution >= 4 is 5.91 Å². The van der Waals surface area contributed by atoms with Gasteiger partial charge in [-0.1, -0.05) is 36.4 Å². The number of ether oxygens (including phenoxy) is 2. The van der Waals surface area contributed by atoms with Crippen LogP contribution in [0.3, 0.4) is 0 Å². The third-order valence-electron chi connectivity index (χ3n) is 8.89. The second-order valence-corrected chi connectivity index (χ2v) is 11.8. The van der Waals surface area contributed by atoms with Gasteiger partial charge in [-0.05, 0) is 60.9 Å². The summed E-state index contributed by atoms with van der Waals surface area (Å²) in [7, 11) is 0. The fraction of sp³-hybridized carbons (Fsp3) is 0.429. The normalized spacial score (nSPS) is 20.3. The Labute approximate surface area is 264 Å². The van der Waals surface area contributed by atoms with Crippen molar-refractivity contribution in [2.45, 2.75) is 26.5 Å². The van der Waals surface area contributed by atoms with Crippen LogP contribution in [0.5, 0.6) is 0 Å². The fourth-order valence-corrected chi connectivity index (χ4v) is 6.12. The highest BCUT2D eigenvalue weighted by molar-refractivity contribution is 5.78. The summed E-state index contributed by atoms with van der Waals surface area (Å²) in [6, 6.07) is 16.9. The van der Waals surface area contributed by atoms with Crippen molar-refractivity contribution in [3.05, 3.63) is 89.5 Å². The second-order valence-electron chi connectivity index (χ2n) is 11.8. The number of nitrogens with one attached hydrogen (secondary N) is 1. The number of hydrogen-bond acceptors (Lipinski definition) is 7. The molecule has 0 spiro atoms. The highest BCUT2D eigenvalue weighted by Crippen LogP contribution is 2.28. The predicted octanol–water partition coefficient (Wildman–Crippen LogP) is 3.92. The molecule has 0 radical (unpaired) electrons. The van der Waals surface area contributed by atoms with Gasteiger partial charge in [0.05, 0.1) is 31.2 Å². The van der Waals surface area contributed by atoms with Crippen LogP contribution in [0.25, 0.3) is 22.5 Å².